The zero-order valence-electron chi connectivity index (χ0n) is 9.59. The molecule has 0 amide bonds. The summed E-state index contributed by atoms with van der Waals surface area (Å²) in [6.07, 6.45) is 0. The number of rotatable bonds is 2. The molecule has 0 heterocycles. The van der Waals surface area contributed by atoms with Crippen LogP contribution in [0.1, 0.15) is 18.5 Å². The van der Waals surface area contributed by atoms with Crippen molar-refractivity contribution in [1.82, 2.24) is 0 Å². The van der Waals surface area contributed by atoms with Crippen LogP contribution in [-0.2, 0) is 0 Å². The van der Waals surface area contributed by atoms with E-state index in [1.165, 1.54) is 0 Å². The first-order valence-electron chi connectivity index (χ1n) is 5.46. The standard InChI is InChI=1S/C14H15NO2/c1-9(15)11-4-7-14(17)13(8-11)10-2-5-12(16)6-3-10/h2-9,16-17H,15H2,1H3. The molecule has 0 bridgehead atoms. The van der Waals surface area contributed by atoms with E-state index in [-0.39, 0.29) is 17.5 Å². The lowest BCUT2D eigenvalue weighted by atomic mass is 9.99. The highest BCUT2D eigenvalue weighted by Crippen LogP contribution is 2.32. The van der Waals surface area contributed by atoms with E-state index in [4.69, 9.17) is 5.73 Å². The van der Waals surface area contributed by atoms with Crippen LogP contribution in [0.3, 0.4) is 0 Å². The van der Waals surface area contributed by atoms with E-state index in [0.717, 1.165) is 16.7 Å². The third kappa shape index (κ3) is 2.40. The summed E-state index contributed by atoms with van der Waals surface area (Å²) in [7, 11) is 0. The van der Waals surface area contributed by atoms with E-state index >= 15 is 0 Å². The normalized spacial score (nSPS) is 12.4. The van der Waals surface area contributed by atoms with Gasteiger partial charge in [0.1, 0.15) is 11.5 Å². The van der Waals surface area contributed by atoms with Gasteiger partial charge in [-0.05, 0) is 42.3 Å². The summed E-state index contributed by atoms with van der Waals surface area (Å²) in [6, 6.07) is 11.9. The highest BCUT2D eigenvalue weighted by Gasteiger charge is 2.07. The SMILES string of the molecule is CC(N)c1ccc(O)c(-c2ccc(O)cc2)c1. The number of aromatic hydroxyl groups is 2. The van der Waals surface area contributed by atoms with Crippen LogP contribution in [0, 0.1) is 0 Å². The molecule has 0 aliphatic heterocycles. The van der Waals surface area contributed by atoms with Crippen molar-refractivity contribution >= 4 is 0 Å². The van der Waals surface area contributed by atoms with Gasteiger partial charge in [-0.3, -0.25) is 0 Å². The second-order valence-electron chi connectivity index (χ2n) is 4.11. The van der Waals surface area contributed by atoms with E-state index in [1.54, 1.807) is 30.3 Å². The molecule has 4 N–H and O–H groups in total. The highest BCUT2D eigenvalue weighted by atomic mass is 16.3. The number of phenols is 2. The Hall–Kier alpha value is -2.00. The van der Waals surface area contributed by atoms with Crippen molar-refractivity contribution in [2.24, 2.45) is 5.73 Å². The van der Waals surface area contributed by atoms with Gasteiger partial charge in [-0.2, -0.15) is 0 Å². The fourth-order valence-corrected chi connectivity index (χ4v) is 1.71. The quantitative estimate of drug-likeness (QED) is 0.741. The van der Waals surface area contributed by atoms with Gasteiger partial charge in [-0.25, -0.2) is 0 Å². The zero-order valence-corrected chi connectivity index (χ0v) is 9.59. The molecule has 3 nitrogen and oxygen atoms in total. The molecule has 0 aliphatic carbocycles. The largest absolute Gasteiger partial charge is 0.508 e. The minimum Gasteiger partial charge on any atom is -0.508 e. The van der Waals surface area contributed by atoms with Crippen molar-refractivity contribution in [2.75, 3.05) is 0 Å². The van der Waals surface area contributed by atoms with Crippen LogP contribution in [-0.4, -0.2) is 10.2 Å². The molecule has 2 rings (SSSR count). The van der Waals surface area contributed by atoms with Gasteiger partial charge >= 0.3 is 0 Å². The number of hydrogen-bond acceptors (Lipinski definition) is 3. The van der Waals surface area contributed by atoms with Gasteiger partial charge in [0.2, 0.25) is 0 Å². The third-order valence-corrected chi connectivity index (χ3v) is 2.72. The topological polar surface area (TPSA) is 66.5 Å². The van der Waals surface area contributed by atoms with Crippen molar-refractivity contribution in [2.45, 2.75) is 13.0 Å². The minimum atomic E-state index is -0.0773. The summed E-state index contributed by atoms with van der Waals surface area (Å²) >= 11 is 0. The first-order chi connectivity index (χ1) is 8.08. The minimum absolute atomic E-state index is 0.0773. The van der Waals surface area contributed by atoms with E-state index in [0.29, 0.717) is 0 Å². The van der Waals surface area contributed by atoms with E-state index < -0.39 is 0 Å². The van der Waals surface area contributed by atoms with Gasteiger partial charge in [-0.1, -0.05) is 18.2 Å². The van der Waals surface area contributed by atoms with Crippen molar-refractivity contribution in [3.63, 3.8) is 0 Å². The Morgan fingerprint density at radius 2 is 1.65 bits per heavy atom. The second kappa shape index (κ2) is 4.47. The van der Waals surface area contributed by atoms with Crippen molar-refractivity contribution < 1.29 is 10.2 Å². The monoisotopic (exact) mass is 229 g/mol. The molecule has 0 saturated carbocycles. The average molecular weight is 229 g/mol. The molecule has 0 radical (unpaired) electrons. The fourth-order valence-electron chi connectivity index (χ4n) is 1.71. The Kier molecular flexibility index (Phi) is 3.02. The van der Waals surface area contributed by atoms with Crippen LogP contribution in [0.4, 0.5) is 0 Å². The van der Waals surface area contributed by atoms with E-state index in [1.807, 2.05) is 19.1 Å². The van der Waals surface area contributed by atoms with Crippen LogP contribution < -0.4 is 5.73 Å². The Bertz CT molecular complexity index is 518. The van der Waals surface area contributed by atoms with Gasteiger partial charge in [0, 0.05) is 11.6 Å². The van der Waals surface area contributed by atoms with Gasteiger partial charge in [0.15, 0.2) is 0 Å². The van der Waals surface area contributed by atoms with Crippen LogP contribution in [0.2, 0.25) is 0 Å². The summed E-state index contributed by atoms with van der Waals surface area (Å²) in [6.45, 7) is 1.90. The Morgan fingerprint density at radius 1 is 1.00 bits per heavy atom. The summed E-state index contributed by atoms with van der Waals surface area (Å²) in [5, 5.41) is 19.1. The molecule has 2 aromatic carbocycles. The maximum absolute atomic E-state index is 9.84. The molecule has 0 aliphatic rings. The molecule has 2 aromatic rings. The number of hydrogen-bond donors (Lipinski definition) is 3. The molecule has 1 unspecified atom stereocenters. The van der Waals surface area contributed by atoms with Gasteiger partial charge in [-0.15, -0.1) is 0 Å². The van der Waals surface area contributed by atoms with Crippen molar-refractivity contribution in [1.29, 1.82) is 0 Å². The van der Waals surface area contributed by atoms with Gasteiger partial charge in [0.25, 0.3) is 0 Å². The molecule has 1 atom stereocenters. The first kappa shape index (κ1) is 11.5. The lowest BCUT2D eigenvalue weighted by molar-refractivity contribution is 0.474. The summed E-state index contributed by atoms with van der Waals surface area (Å²) in [5.74, 6) is 0.414. The second-order valence-corrected chi connectivity index (χ2v) is 4.11. The zero-order chi connectivity index (χ0) is 12.4. The number of phenolic OH excluding ortho intramolecular Hbond substituents is 2. The predicted molar refractivity (Wildman–Crippen MR) is 67.8 cm³/mol. The smallest absolute Gasteiger partial charge is 0.123 e. The Balaban J connectivity index is 2.50. The summed E-state index contributed by atoms with van der Waals surface area (Å²) in [4.78, 5) is 0. The maximum Gasteiger partial charge on any atom is 0.123 e. The third-order valence-electron chi connectivity index (χ3n) is 2.72. The maximum atomic E-state index is 9.84. The summed E-state index contributed by atoms with van der Waals surface area (Å²) < 4.78 is 0. The van der Waals surface area contributed by atoms with Crippen LogP contribution in [0.15, 0.2) is 42.5 Å². The van der Waals surface area contributed by atoms with Crippen molar-refractivity contribution in [3.05, 3.63) is 48.0 Å². The number of nitrogens with two attached hydrogens (primary N) is 1. The average Bonchev–Trinajstić information content (AvgIpc) is 2.31. The Labute approximate surface area is 100 Å². The molecule has 0 saturated heterocycles. The highest BCUT2D eigenvalue weighted by molar-refractivity contribution is 5.71. The van der Waals surface area contributed by atoms with Crippen LogP contribution in [0.5, 0.6) is 11.5 Å². The molecular weight excluding hydrogens is 214 g/mol. The van der Waals surface area contributed by atoms with Crippen LogP contribution >= 0.6 is 0 Å². The molecule has 0 spiro atoms. The van der Waals surface area contributed by atoms with Crippen molar-refractivity contribution in [3.8, 4) is 22.6 Å². The molecule has 0 aromatic heterocycles. The first-order valence-corrected chi connectivity index (χ1v) is 5.46. The van der Waals surface area contributed by atoms with E-state index in [9.17, 15) is 10.2 Å². The molecule has 88 valence electrons. The molecule has 3 heteroatoms. The van der Waals surface area contributed by atoms with E-state index in [2.05, 4.69) is 0 Å². The van der Waals surface area contributed by atoms with Crippen LogP contribution in [0.25, 0.3) is 11.1 Å². The molecular formula is C14H15NO2. The lowest BCUT2D eigenvalue weighted by Crippen LogP contribution is -2.04. The lowest BCUT2D eigenvalue weighted by Gasteiger charge is -2.10. The Morgan fingerprint density at radius 3 is 2.24 bits per heavy atom. The molecule has 17 heavy (non-hydrogen) atoms. The number of benzene rings is 2. The summed E-state index contributed by atoms with van der Waals surface area (Å²) in [5.41, 5.74) is 8.35. The molecule has 0 fully saturated rings. The van der Waals surface area contributed by atoms with Gasteiger partial charge < -0.3 is 15.9 Å². The van der Waals surface area contributed by atoms with Gasteiger partial charge in [0.05, 0.1) is 0 Å². The predicted octanol–water partition coefficient (Wildman–Crippen LogP) is 2.78. The fraction of sp³-hybridized carbons (Fsp3) is 0.143.